The van der Waals surface area contributed by atoms with Gasteiger partial charge >= 0.3 is 0 Å². The second-order valence-corrected chi connectivity index (χ2v) is 7.06. The number of thiazole rings is 1. The Morgan fingerprint density at radius 3 is 2.63 bits per heavy atom. The Bertz CT molecular complexity index is 904. The van der Waals surface area contributed by atoms with Gasteiger partial charge in [-0.2, -0.15) is 0 Å². The first-order valence-corrected chi connectivity index (χ1v) is 9.92. The lowest BCUT2D eigenvalue weighted by Crippen LogP contribution is -2.22. The van der Waals surface area contributed by atoms with Gasteiger partial charge < -0.3 is 15.5 Å². The van der Waals surface area contributed by atoms with Gasteiger partial charge in [0.2, 0.25) is 0 Å². The molecule has 5 nitrogen and oxygen atoms in total. The lowest BCUT2D eigenvalue weighted by molar-refractivity contribution is 0.102. The number of amides is 1. The monoisotopic (exact) mass is 380 g/mol. The van der Waals surface area contributed by atoms with Gasteiger partial charge in [0.1, 0.15) is 0 Å². The second kappa shape index (κ2) is 8.68. The molecule has 2 N–H and O–H groups in total. The lowest BCUT2D eigenvalue weighted by atomic mass is 10.1. The number of hydrogen-bond donors (Lipinski definition) is 2. The number of carbonyl (C=O) groups excluding carboxylic acids is 1. The first-order valence-electron chi connectivity index (χ1n) is 9.04. The molecular weight excluding hydrogens is 356 g/mol. The molecule has 0 saturated carbocycles. The molecular formula is C21H24N4OS. The summed E-state index contributed by atoms with van der Waals surface area (Å²) in [7, 11) is 0. The van der Waals surface area contributed by atoms with E-state index in [4.69, 9.17) is 0 Å². The van der Waals surface area contributed by atoms with E-state index in [0.717, 1.165) is 35.2 Å². The van der Waals surface area contributed by atoms with E-state index in [1.165, 1.54) is 17.0 Å². The zero-order valence-electron chi connectivity index (χ0n) is 15.8. The minimum absolute atomic E-state index is 0.128. The van der Waals surface area contributed by atoms with Crippen molar-refractivity contribution in [2.24, 2.45) is 0 Å². The molecule has 1 amide bonds. The Morgan fingerprint density at radius 1 is 1.15 bits per heavy atom. The van der Waals surface area contributed by atoms with Gasteiger partial charge in [0.05, 0.1) is 0 Å². The van der Waals surface area contributed by atoms with Crippen molar-refractivity contribution in [3.63, 3.8) is 0 Å². The Hall–Kier alpha value is -2.86. The summed E-state index contributed by atoms with van der Waals surface area (Å²) < 4.78 is 0. The molecule has 0 fully saturated rings. The van der Waals surface area contributed by atoms with Crippen LogP contribution in [0.15, 0.2) is 54.0 Å². The van der Waals surface area contributed by atoms with Crippen LogP contribution in [-0.4, -0.2) is 24.0 Å². The molecule has 0 spiro atoms. The van der Waals surface area contributed by atoms with Crippen LogP contribution in [0.3, 0.4) is 0 Å². The van der Waals surface area contributed by atoms with E-state index in [1.807, 2.05) is 42.6 Å². The summed E-state index contributed by atoms with van der Waals surface area (Å²) in [5.41, 5.74) is 4.49. The van der Waals surface area contributed by atoms with Crippen molar-refractivity contribution in [3.8, 4) is 0 Å². The van der Waals surface area contributed by atoms with E-state index in [-0.39, 0.29) is 5.91 Å². The topological polar surface area (TPSA) is 57.3 Å². The van der Waals surface area contributed by atoms with Gasteiger partial charge in [-0.15, -0.1) is 11.3 Å². The Balaban J connectivity index is 1.73. The number of nitrogens with one attached hydrogen (secondary N) is 2. The molecule has 27 heavy (non-hydrogen) atoms. The van der Waals surface area contributed by atoms with Crippen LogP contribution in [0, 0.1) is 6.92 Å². The highest BCUT2D eigenvalue weighted by atomic mass is 32.1. The van der Waals surface area contributed by atoms with Crippen molar-refractivity contribution < 1.29 is 4.79 Å². The lowest BCUT2D eigenvalue weighted by Gasteiger charge is -2.22. The smallest absolute Gasteiger partial charge is 0.255 e. The molecule has 0 bridgehead atoms. The standard InChI is InChI=1S/C21H24N4OS/c1-4-25(5-2)18-9-10-19(15(3)13-18)24-20(26)16-7-6-8-17(14-16)23-21-22-11-12-27-21/h6-14H,4-5H2,1-3H3,(H,22,23)(H,24,26). The first-order chi connectivity index (χ1) is 13.1. The van der Waals surface area contributed by atoms with Gasteiger partial charge in [-0.25, -0.2) is 4.98 Å². The Morgan fingerprint density at radius 2 is 1.96 bits per heavy atom. The summed E-state index contributed by atoms with van der Waals surface area (Å²) in [4.78, 5) is 19.2. The Labute approximate surface area is 164 Å². The van der Waals surface area contributed by atoms with Crippen molar-refractivity contribution in [1.29, 1.82) is 0 Å². The molecule has 0 aliphatic rings. The fraction of sp³-hybridized carbons (Fsp3) is 0.238. The van der Waals surface area contributed by atoms with Gasteiger partial charge in [0, 0.05) is 47.3 Å². The number of nitrogens with zero attached hydrogens (tertiary/aromatic N) is 2. The third-order valence-corrected chi connectivity index (χ3v) is 5.08. The fourth-order valence-corrected chi connectivity index (χ4v) is 3.46. The molecule has 0 aliphatic heterocycles. The molecule has 0 atom stereocenters. The molecule has 6 heteroatoms. The SMILES string of the molecule is CCN(CC)c1ccc(NC(=O)c2cccc(Nc3nccs3)c2)c(C)c1. The predicted octanol–water partition coefficient (Wildman–Crippen LogP) is 5.29. The molecule has 3 rings (SSSR count). The van der Waals surface area contributed by atoms with E-state index in [0.29, 0.717) is 5.56 Å². The third kappa shape index (κ3) is 4.65. The van der Waals surface area contributed by atoms with Gasteiger partial charge in [-0.1, -0.05) is 6.07 Å². The zero-order valence-corrected chi connectivity index (χ0v) is 16.6. The highest BCUT2D eigenvalue weighted by Crippen LogP contribution is 2.24. The van der Waals surface area contributed by atoms with Crippen molar-refractivity contribution in [2.45, 2.75) is 20.8 Å². The molecule has 2 aromatic carbocycles. The zero-order chi connectivity index (χ0) is 19.2. The minimum atomic E-state index is -0.128. The average molecular weight is 381 g/mol. The van der Waals surface area contributed by atoms with Gasteiger partial charge in [0.15, 0.2) is 5.13 Å². The highest BCUT2D eigenvalue weighted by Gasteiger charge is 2.10. The van der Waals surface area contributed by atoms with Crippen LogP contribution in [-0.2, 0) is 0 Å². The minimum Gasteiger partial charge on any atom is -0.372 e. The summed E-state index contributed by atoms with van der Waals surface area (Å²) >= 11 is 1.52. The van der Waals surface area contributed by atoms with Gasteiger partial charge in [-0.3, -0.25) is 4.79 Å². The van der Waals surface area contributed by atoms with E-state index >= 15 is 0 Å². The molecule has 1 heterocycles. The summed E-state index contributed by atoms with van der Waals surface area (Å²) in [6.07, 6.45) is 1.74. The van der Waals surface area contributed by atoms with Crippen LogP contribution in [0.1, 0.15) is 29.8 Å². The quantitative estimate of drug-likeness (QED) is 0.584. The van der Waals surface area contributed by atoms with E-state index in [2.05, 4.69) is 46.5 Å². The van der Waals surface area contributed by atoms with E-state index in [9.17, 15) is 4.79 Å². The molecule has 0 aliphatic carbocycles. The largest absolute Gasteiger partial charge is 0.372 e. The fourth-order valence-electron chi connectivity index (χ4n) is 2.91. The molecule has 1 aromatic heterocycles. The number of benzene rings is 2. The van der Waals surface area contributed by atoms with Crippen LogP contribution in [0.2, 0.25) is 0 Å². The molecule has 0 radical (unpaired) electrons. The van der Waals surface area contributed by atoms with Gasteiger partial charge in [0.25, 0.3) is 5.91 Å². The summed E-state index contributed by atoms with van der Waals surface area (Å²) in [5, 5.41) is 8.93. The maximum atomic E-state index is 12.7. The van der Waals surface area contributed by atoms with E-state index < -0.39 is 0 Å². The van der Waals surface area contributed by atoms with Crippen molar-refractivity contribution in [3.05, 3.63) is 65.2 Å². The highest BCUT2D eigenvalue weighted by molar-refractivity contribution is 7.13. The van der Waals surface area contributed by atoms with Crippen LogP contribution in [0.25, 0.3) is 0 Å². The number of anilines is 4. The van der Waals surface area contributed by atoms with Crippen LogP contribution < -0.4 is 15.5 Å². The number of aryl methyl sites for hydroxylation is 1. The van der Waals surface area contributed by atoms with Gasteiger partial charge in [-0.05, 0) is 62.7 Å². The Kier molecular flexibility index (Phi) is 6.08. The number of aromatic nitrogens is 1. The summed E-state index contributed by atoms with van der Waals surface area (Å²) in [6, 6.07) is 13.6. The van der Waals surface area contributed by atoms with Crippen molar-refractivity contribution >= 4 is 39.4 Å². The van der Waals surface area contributed by atoms with E-state index in [1.54, 1.807) is 6.20 Å². The normalized spacial score (nSPS) is 10.5. The molecule has 0 unspecified atom stereocenters. The number of rotatable bonds is 7. The first kappa shape index (κ1) is 18.9. The van der Waals surface area contributed by atoms with Crippen molar-refractivity contribution in [2.75, 3.05) is 28.6 Å². The number of carbonyl (C=O) groups is 1. The average Bonchev–Trinajstić information content (AvgIpc) is 3.18. The second-order valence-electron chi connectivity index (χ2n) is 6.17. The third-order valence-electron chi connectivity index (χ3n) is 4.40. The predicted molar refractivity (Wildman–Crippen MR) is 115 cm³/mol. The summed E-state index contributed by atoms with van der Waals surface area (Å²) in [5.74, 6) is -0.128. The molecule has 3 aromatic rings. The molecule has 140 valence electrons. The maximum Gasteiger partial charge on any atom is 0.255 e. The maximum absolute atomic E-state index is 12.7. The molecule has 0 saturated heterocycles. The van der Waals surface area contributed by atoms with Crippen LogP contribution >= 0.6 is 11.3 Å². The number of hydrogen-bond acceptors (Lipinski definition) is 5. The van der Waals surface area contributed by atoms with Crippen molar-refractivity contribution in [1.82, 2.24) is 4.98 Å². The van der Waals surface area contributed by atoms with Crippen LogP contribution in [0.5, 0.6) is 0 Å². The summed E-state index contributed by atoms with van der Waals surface area (Å²) in [6.45, 7) is 8.21. The van der Waals surface area contributed by atoms with Crippen LogP contribution in [0.4, 0.5) is 22.2 Å².